The van der Waals surface area contributed by atoms with E-state index in [0.29, 0.717) is 5.56 Å². The number of carbonyl (C=O) groups is 1. The van der Waals surface area contributed by atoms with Crippen LogP contribution in [0.5, 0.6) is 0 Å². The second kappa shape index (κ2) is 8.45. The molecular weight excluding hydrogens is 340 g/mol. The van der Waals surface area contributed by atoms with E-state index in [1.54, 1.807) is 6.07 Å². The molecule has 0 spiro atoms. The maximum absolute atomic E-state index is 11.0. The van der Waals surface area contributed by atoms with Crippen molar-refractivity contribution in [3.8, 4) is 6.07 Å². The molecule has 140 valence electrons. The van der Waals surface area contributed by atoms with Crippen molar-refractivity contribution < 1.29 is 9.90 Å². The number of benzene rings is 2. The van der Waals surface area contributed by atoms with Gasteiger partial charge in [0, 0.05) is 17.4 Å². The molecule has 1 aliphatic carbocycles. The van der Waals surface area contributed by atoms with Crippen molar-refractivity contribution in [1.29, 1.82) is 5.26 Å². The number of aryl methyl sites for hydroxylation is 1. The summed E-state index contributed by atoms with van der Waals surface area (Å²) in [6.45, 7) is 2.02. The van der Waals surface area contributed by atoms with E-state index in [1.807, 2.05) is 43.3 Å². The Morgan fingerprint density at radius 2 is 1.89 bits per heavy atom. The minimum atomic E-state index is -0.990. The van der Waals surface area contributed by atoms with E-state index in [9.17, 15) is 10.1 Å². The van der Waals surface area contributed by atoms with Crippen molar-refractivity contribution in [2.45, 2.75) is 44.7 Å². The lowest BCUT2D eigenvalue weighted by molar-refractivity contribution is 0.184. The number of hydrogen-bond acceptors (Lipinski definition) is 4. The first kappa shape index (κ1) is 18.6. The van der Waals surface area contributed by atoms with Crippen molar-refractivity contribution in [2.24, 2.45) is 0 Å². The van der Waals surface area contributed by atoms with E-state index in [-0.39, 0.29) is 12.1 Å². The minimum absolute atomic E-state index is 0.0367. The van der Waals surface area contributed by atoms with Gasteiger partial charge in [0.15, 0.2) is 0 Å². The van der Waals surface area contributed by atoms with Gasteiger partial charge < -0.3 is 21.1 Å². The van der Waals surface area contributed by atoms with Gasteiger partial charge in [0.2, 0.25) is 0 Å². The summed E-state index contributed by atoms with van der Waals surface area (Å²) >= 11 is 0. The molecule has 2 aromatic carbocycles. The molecule has 0 heterocycles. The molecule has 0 unspecified atom stereocenters. The van der Waals surface area contributed by atoms with Crippen molar-refractivity contribution in [3.05, 3.63) is 53.6 Å². The quantitative estimate of drug-likeness (QED) is 0.622. The van der Waals surface area contributed by atoms with Gasteiger partial charge in [-0.05, 0) is 55.7 Å². The largest absolute Gasteiger partial charge is 0.465 e. The number of amides is 1. The van der Waals surface area contributed by atoms with E-state index < -0.39 is 6.09 Å². The van der Waals surface area contributed by atoms with Gasteiger partial charge in [-0.3, -0.25) is 0 Å². The Labute approximate surface area is 159 Å². The zero-order chi connectivity index (χ0) is 19.2. The molecule has 1 fully saturated rings. The third kappa shape index (κ3) is 4.91. The zero-order valence-electron chi connectivity index (χ0n) is 15.3. The van der Waals surface area contributed by atoms with Gasteiger partial charge >= 0.3 is 6.09 Å². The number of carboxylic acid groups (broad SMARTS) is 1. The standard InChI is InChI=1S/C21H24N4O2/c1-14-5-4-6-16(11-14)24-20-12-17(10-9-15(20)13-22)23-18-7-2-3-8-19(18)25-21(26)27/h4-6,9-12,18-19,23-25H,2-3,7-8H2,1H3,(H,26,27)/t18-,19+/m1/s1. The van der Waals surface area contributed by atoms with E-state index in [1.165, 1.54) is 0 Å². The third-order valence-corrected chi connectivity index (χ3v) is 4.86. The Bertz CT molecular complexity index is 860. The van der Waals surface area contributed by atoms with Crippen LogP contribution in [0.15, 0.2) is 42.5 Å². The molecule has 3 rings (SSSR count). The molecule has 0 bridgehead atoms. The lowest BCUT2D eigenvalue weighted by Gasteiger charge is -2.32. The Morgan fingerprint density at radius 1 is 1.11 bits per heavy atom. The fourth-order valence-electron chi connectivity index (χ4n) is 3.56. The zero-order valence-corrected chi connectivity index (χ0v) is 15.3. The molecule has 0 aromatic heterocycles. The monoisotopic (exact) mass is 364 g/mol. The molecule has 0 saturated heterocycles. The number of hydrogen-bond donors (Lipinski definition) is 4. The Kier molecular flexibility index (Phi) is 5.82. The van der Waals surface area contributed by atoms with Crippen molar-refractivity contribution in [3.63, 3.8) is 0 Å². The molecular formula is C21H24N4O2. The highest BCUT2D eigenvalue weighted by Crippen LogP contribution is 2.28. The third-order valence-electron chi connectivity index (χ3n) is 4.86. The van der Waals surface area contributed by atoms with Crippen LogP contribution in [0.2, 0.25) is 0 Å². The second-order valence-electron chi connectivity index (χ2n) is 6.96. The maximum atomic E-state index is 11.0. The van der Waals surface area contributed by atoms with Gasteiger partial charge in [-0.25, -0.2) is 4.79 Å². The Balaban J connectivity index is 1.80. The van der Waals surface area contributed by atoms with E-state index in [4.69, 9.17) is 5.11 Å². The SMILES string of the molecule is Cc1cccc(Nc2cc(N[C@@H]3CCCC[C@@H]3NC(=O)O)ccc2C#N)c1. The van der Waals surface area contributed by atoms with E-state index >= 15 is 0 Å². The predicted octanol–water partition coefficient (Wildman–Crippen LogP) is 4.60. The fraction of sp³-hybridized carbons (Fsp3) is 0.333. The smallest absolute Gasteiger partial charge is 0.404 e. The molecule has 6 nitrogen and oxygen atoms in total. The van der Waals surface area contributed by atoms with Gasteiger partial charge in [0.25, 0.3) is 0 Å². The average Bonchev–Trinajstić information content (AvgIpc) is 2.63. The van der Waals surface area contributed by atoms with Crippen LogP contribution in [0.4, 0.5) is 21.9 Å². The highest BCUT2D eigenvalue weighted by Gasteiger charge is 2.26. The van der Waals surface area contributed by atoms with Crippen LogP contribution in [0, 0.1) is 18.3 Å². The Morgan fingerprint density at radius 3 is 2.59 bits per heavy atom. The molecule has 1 aliphatic rings. The van der Waals surface area contributed by atoms with Crippen LogP contribution in [-0.2, 0) is 0 Å². The summed E-state index contributed by atoms with van der Waals surface area (Å²) in [5.41, 5.74) is 4.22. The molecule has 27 heavy (non-hydrogen) atoms. The summed E-state index contributed by atoms with van der Waals surface area (Å²) in [6.07, 6.45) is 2.84. The predicted molar refractivity (Wildman–Crippen MR) is 106 cm³/mol. The summed E-state index contributed by atoms with van der Waals surface area (Å²) in [5.74, 6) is 0. The van der Waals surface area contributed by atoms with Crippen LogP contribution in [0.3, 0.4) is 0 Å². The van der Waals surface area contributed by atoms with Crippen molar-refractivity contribution >= 4 is 23.2 Å². The molecule has 0 aliphatic heterocycles. The van der Waals surface area contributed by atoms with Gasteiger partial charge in [0.05, 0.1) is 17.3 Å². The van der Waals surface area contributed by atoms with Gasteiger partial charge in [-0.15, -0.1) is 0 Å². The number of rotatable bonds is 5. The normalized spacial score (nSPS) is 19.0. The summed E-state index contributed by atoms with van der Waals surface area (Å²) < 4.78 is 0. The van der Waals surface area contributed by atoms with Crippen molar-refractivity contribution in [1.82, 2.24) is 5.32 Å². The topological polar surface area (TPSA) is 97.2 Å². The first-order valence-electron chi connectivity index (χ1n) is 9.19. The summed E-state index contributed by atoms with van der Waals surface area (Å²) in [6, 6.07) is 15.7. The maximum Gasteiger partial charge on any atom is 0.404 e. The summed E-state index contributed by atoms with van der Waals surface area (Å²) in [7, 11) is 0. The molecule has 2 atom stereocenters. The van der Waals surface area contributed by atoms with Crippen LogP contribution in [-0.4, -0.2) is 23.3 Å². The number of anilines is 3. The van der Waals surface area contributed by atoms with E-state index in [0.717, 1.165) is 48.3 Å². The van der Waals surface area contributed by atoms with Crippen LogP contribution >= 0.6 is 0 Å². The lowest BCUT2D eigenvalue weighted by atomic mass is 9.90. The van der Waals surface area contributed by atoms with Gasteiger partial charge in [-0.2, -0.15) is 5.26 Å². The minimum Gasteiger partial charge on any atom is -0.465 e. The summed E-state index contributed by atoms with van der Waals surface area (Å²) in [5, 5.41) is 27.9. The number of nitriles is 1. The summed E-state index contributed by atoms with van der Waals surface area (Å²) in [4.78, 5) is 11.0. The molecule has 1 saturated carbocycles. The second-order valence-corrected chi connectivity index (χ2v) is 6.96. The first-order chi connectivity index (χ1) is 13.0. The molecule has 6 heteroatoms. The number of nitrogens with zero attached hydrogens (tertiary/aromatic N) is 1. The number of nitrogens with one attached hydrogen (secondary N) is 3. The van der Waals surface area contributed by atoms with E-state index in [2.05, 4.69) is 22.0 Å². The van der Waals surface area contributed by atoms with Crippen LogP contribution in [0.1, 0.15) is 36.8 Å². The molecule has 0 radical (unpaired) electrons. The highest BCUT2D eigenvalue weighted by molar-refractivity contribution is 5.71. The van der Waals surface area contributed by atoms with Gasteiger partial charge in [-0.1, -0.05) is 25.0 Å². The molecule has 2 aromatic rings. The molecule has 4 N–H and O–H groups in total. The van der Waals surface area contributed by atoms with Crippen molar-refractivity contribution in [2.75, 3.05) is 10.6 Å². The van der Waals surface area contributed by atoms with Gasteiger partial charge in [0.1, 0.15) is 6.07 Å². The lowest BCUT2D eigenvalue weighted by Crippen LogP contribution is -2.48. The van der Waals surface area contributed by atoms with Crippen LogP contribution < -0.4 is 16.0 Å². The Hall–Kier alpha value is -3.20. The first-order valence-corrected chi connectivity index (χ1v) is 9.19. The fourth-order valence-corrected chi connectivity index (χ4v) is 3.56. The van der Waals surface area contributed by atoms with Crippen LogP contribution in [0.25, 0.3) is 0 Å². The molecule has 1 amide bonds. The average molecular weight is 364 g/mol. The highest BCUT2D eigenvalue weighted by atomic mass is 16.4.